The first-order valence-corrected chi connectivity index (χ1v) is 11.9. The second-order valence-corrected chi connectivity index (χ2v) is 9.14. The van der Waals surface area contributed by atoms with Gasteiger partial charge in [0.2, 0.25) is 0 Å². The number of nitrogens with zero attached hydrogens (tertiary/aromatic N) is 1. The maximum atomic E-state index is 10.5. The van der Waals surface area contributed by atoms with Crippen molar-refractivity contribution in [3.8, 4) is 0 Å². The van der Waals surface area contributed by atoms with Gasteiger partial charge in [-0.25, -0.2) is 0 Å². The highest BCUT2D eigenvalue weighted by molar-refractivity contribution is 5.21. The zero-order chi connectivity index (χ0) is 20.5. The zero-order valence-corrected chi connectivity index (χ0v) is 18.3. The number of fused-ring (bicyclic) bond motifs is 1. The van der Waals surface area contributed by atoms with Crippen LogP contribution in [0.5, 0.6) is 0 Å². The van der Waals surface area contributed by atoms with Crippen molar-refractivity contribution in [2.24, 2.45) is 17.8 Å². The van der Waals surface area contributed by atoms with Gasteiger partial charge in [-0.2, -0.15) is 0 Å². The Morgan fingerprint density at radius 1 is 1.28 bits per heavy atom. The smallest absolute Gasteiger partial charge is 0.0721 e. The summed E-state index contributed by atoms with van der Waals surface area (Å²) in [4.78, 5) is 2.46. The third kappa shape index (κ3) is 7.18. The number of aliphatic hydroxyl groups is 2. The predicted molar refractivity (Wildman–Crippen MR) is 118 cm³/mol. The van der Waals surface area contributed by atoms with E-state index in [2.05, 4.69) is 29.3 Å². The highest BCUT2D eigenvalue weighted by atomic mass is 16.5. The van der Waals surface area contributed by atoms with Gasteiger partial charge in [0.15, 0.2) is 0 Å². The van der Waals surface area contributed by atoms with Gasteiger partial charge in [0.25, 0.3) is 0 Å². The van der Waals surface area contributed by atoms with Crippen molar-refractivity contribution in [1.82, 2.24) is 10.2 Å². The van der Waals surface area contributed by atoms with Crippen LogP contribution in [0.4, 0.5) is 0 Å². The van der Waals surface area contributed by atoms with Gasteiger partial charge < -0.3 is 20.3 Å². The Kier molecular flexibility index (Phi) is 9.67. The third-order valence-corrected chi connectivity index (χ3v) is 6.94. The highest BCUT2D eigenvalue weighted by Gasteiger charge is 2.43. The fraction of sp³-hybridized carbons (Fsp3) is 0.833. The Balaban J connectivity index is 1.34. The molecule has 1 aliphatic heterocycles. The number of morpholine rings is 1. The van der Waals surface area contributed by atoms with Crippen molar-refractivity contribution in [2.75, 3.05) is 45.9 Å². The molecule has 5 nitrogen and oxygen atoms in total. The van der Waals surface area contributed by atoms with Gasteiger partial charge in [-0.1, -0.05) is 50.0 Å². The molecule has 0 aromatic rings. The topological polar surface area (TPSA) is 65.0 Å². The van der Waals surface area contributed by atoms with E-state index in [1.807, 2.05) is 6.08 Å². The molecule has 2 fully saturated rings. The van der Waals surface area contributed by atoms with E-state index in [1.165, 1.54) is 12.8 Å². The van der Waals surface area contributed by atoms with E-state index in [9.17, 15) is 10.2 Å². The summed E-state index contributed by atoms with van der Waals surface area (Å²) in [6.07, 6.45) is 13.2. The molecule has 1 saturated heterocycles. The number of rotatable bonds is 12. The molecule has 0 radical (unpaired) electrons. The molecule has 3 rings (SSSR count). The third-order valence-electron chi connectivity index (χ3n) is 6.94. The Morgan fingerprint density at radius 2 is 2.10 bits per heavy atom. The van der Waals surface area contributed by atoms with Gasteiger partial charge in [-0.15, -0.1) is 0 Å². The second kappa shape index (κ2) is 12.2. The molecule has 3 N–H and O–H groups in total. The first-order valence-electron chi connectivity index (χ1n) is 11.9. The normalized spacial score (nSPS) is 31.3. The minimum Gasteiger partial charge on any atom is -0.392 e. The van der Waals surface area contributed by atoms with Crippen LogP contribution in [-0.2, 0) is 4.74 Å². The maximum absolute atomic E-state index is 10.5. The van der Waals surface area contributed by atoms with E-state index >= 15 is 0 Å². The molecule has 1 heterocycles. The molecule has 2 aliphatic carbocycles. The fourth-order valence-corrected chi connectivity index (χ4v) is 5.18. The maximum Gasteiger partial charge on any atom is 0.0721 e. The molecule has 0 aromatic heterocycles. The van der Waals surface area contributed by atoms with E-state index in [-0.39, 0.29) is 18.1 Å². The van der Waals surface area contributed by atoms with Crippen LogP contribution in [-0.4, -0.2) is 73.3 Å². The molecule has 0 bridgehead atoms. The van der Waals surface area contributed by atoms with Crippen LogP contribution >= 0.6 is 0 Å². The summed E-state index contributed by atoms with van der Waals surface area (Å²) in [5, 5.41) is 24.3. The lowest BCUT2D eigenvalue weighted by molar-refractivity contribution is 0.0385. The summed E-state index contributed by atoms with van der Waals surface area (Å²) >= 11 is 0. The molecule has 0 aromatic carbocycles. The molecule has 0 spiro atoms. The van der Waals surface area contributed by atoms with E-state index in [0.717, 1.165) is 78.0 Å². The Labute approximate surface area is 177 Å². The van der Waals surface area contributed by atoms with Crippen LogP contribution in [0.15, 0.2) is 23.8 Å². The summed E-state index contributed by atoms with van der Waals surface area (Å²) in [5.41, 5.74) is 1.55. The fourth-order valence-electron chi connectivity index (χ4n) is 5.18. The number of hydrogen-bond donors (Lipinski definition) is 3. The van der Waals surface area contributed by atoms with Crippen LogP contribution in [0, 0.1) is 17.8 Å². The molecule has 0 amide bonds. The molecule has 29 heavy (non-hydrogen) atoms. The molecule has 3 aliphatic rings. The van der Waals surface area contributed by atoms with Crippen LogP contribution in [0.25, 0.3) is 0 Å². The van der Waals surface area contributed by atoms with E-state index in [1.54, 1.807) is 5.57 Å². The monoisotopic (exact) mass is 406 g/mol. The summed E-state index contributed by atoms with van der Waals surface area (Å²) in [6.45, 7) is 9.21. The van der Waals surface area contributed by atoms with Gasteiger partial charge in [0.05, 0.1) is 25.4 Å². The van der Waals surface area contributed by atoms with Crippen LogP contribution in [0.2, 0.25) is 0 Å². The lowest BCUT2D eigenvalue weighted by Crippen LogP contribution is -2.40. The van der Waals surface area contributed by atoms with Gasteiger partial charge >= 0.3 is 0 Å². The number of nitrogens with one attached hydrogen (secondary N) is 1. The van der Waals surface area contributed by atoms with E-state index in [4.69, 9.17) is 4.74 Å². The average molecular weight is 407 g/mol. The molecular weight excluding hydrogens is 364 g/mol. The number of hydrogen-bond acceptors (Lipinski definition) is 5. The minimum absolute atomic E-state index is 0.198. The van der Waals surface area contributed by atoms with Gasteiger partial charge in [-0.3, -0.25) is 4.90 Å². The van der Waals surface area contributed by atoms with Crippen LogP contribution in [0.1, 0.15) is 51.9 Å². The molecule has 5 heteroatoms. The van der Waals surface area contributed by atoms with Gasteiger partial charge in [0, 0.05) is 32.1 Å². The van der Waals surface area contributed by atoms with Gasteiger partial charge in [-0.05, 0) is 44.1 Å². The quantitative estimate of drug-likeness (QED) is 0.344. The number of aliphatic hydroxyl groups excluding tert-OH is 2. The SMILES string of the molecule is CCCCC[C@H](O)C=C[C@@H]1[C@H]2CC(CCNCCN3CCOCC3)=C[C@H]2C[C@H]1O. The van der Waals surface area contributed by atoms with Crippen molar-refractivity contribution in [3.05, 3.63) is 23.8 Å². The predicted octanol–water partition coefficient (Wildman–Crippen LogP) is 2.74. The van der Waals surface area contributed by atoms with Crippen LogP contribution < -0.4 is 5.32 Å². The van der Waals surface area contributed by atoms with Gasteiger partial charge in [0.1, 0.15) is 0 Å². The molecule has 1 saturated carbocycles. The summed E-state index contributed by atoms with van der Waals surface area (Å²) in [7, 11) is 0. The Hall–Kier alpha value is -0.720. The zero-order valence-electron chi connectivity index (χ0n) is 18.3. The van der Waals surface area contributed by atoms with Crippen molar-refractivity contribution in [3.63, 3.8) is 0 Å². The lowest BCUT2D eigenvalue weighted by atomic mass is 9.88. The molecular formula is C24H42N2O3. The number of unbranched alkanes of at least 4 members (excludes halogenated alkanes) is 2. The standard InChI is InChI=1S/C24H42N2O3/c1-2-3-4-5-21(27)6-7-22-23-17-19(16-20(23)18-24(22)28)8-9-25-10-11-26-12-14-29-15-13-26/h6-7,16,20-25,27-28H,2-5,8-15,17-18H2,1H3/t20-,21-,22+,23-,24+/m0/s1. The Morgan fingerprint density at radius 3 is 2.90 bits per heavy atom. The summed E-state index contributed by atoms with van der Waals surface area (Å²) in [6, 6.07) is 0. The van der Waals surface area contributed by atoms with Crippen molar-refractivity contribution >= 4 is 0 Å². The number of ether oxygens (including phenoxy) is 1. The first-order chi connectivity index (χ1) is 14.2. The molecule has 5 atom stereocenters. The molecule has 0 unspecified atom stereocenters. The summed E-state index contributed by atoms with van der Waals surface area (Å²) < 4.78 is 5.39. The Bertz CT molecular complexity index is 530. The largest absolute Gasteiger partial charge is 0.392 e. The van der Waals surface area contributed by atoms with Crippen molar-refractivity contribution in [1.29, 1.82) is 0 Å². The van der Waals surface area contributed by atoms with Crippen molar-refractivity contribution < 1.29 is 14.9 Å². The van der Waals surface area contributed by atoms with Crippen molar-refractivity contribution in [2.45, 2.75) is 64.1 Å². The van der Waals surface area contributed by atoms with E-state index in [0.29, 0.717) is 11.8 Å². The van der Waals surface area contributed by atoms with E-state index < -0.39 is 0 Å². The highest BCUT2D eigenvalue weighted by Crippen LogP contribution is 2.47. The van der Waals surface area contributed by atoms with Crippen LogP contribution in [0.3, 0.4) is 0 Å². The summed E-state index contributed by atoms with van der Waals surface area (Å²) in [5.74, 6) is 1.23. The second-order valence-electron chi connectivity index (χ2n) is 9.14. The molecule has 166 valence electrons. The minimum atomic E-state index is -0.364. The average Bonchev–Trinajstić information content (AvgIpc) is 3.23. The lowest BCUT2D eigenvalue weighted by Gasteiger charge is -2.26. The first kappa shape index (κ1) is 23.0. The number of allylic oxidation sites excluding steroid dienone is 1.